The predicted molar refractivity (Wildman–Crippen MR) is 91.9 cm³/mol. The van der Waals surface area contributed by atoms with E-state index in [0.29, 0.717) is 5.02 Å². The Bertz CT molecular complexity index is 813. The maximum atomic E-state index is 10.8. The lowest BCUT2D eigenvalue weighted by Crippen LogP contribution is -2.02. The minimum Gasteiger partial charge on any atom is -0.384 e. The first-order chi connectivity index (χ1) is 10.1. The standard InChI is InChI=1S/C18H14BrClO/c1-11-5-4-8-15(17(11)19)18(21)14-9-10-16(20)13-7-3-2-6-12(13)14/h2-10,18,21H,1H3. The van der Waals surface area contributed by atoms with Crippen LogP contribution in [0.4, 0.5) is 0 Å². The summed E-state index contributed by atoms with van der Waals surface area (Å²) in [5, 5.41) is 13.4. The number of aliphatic hydroxyl groups excluding tert-OH is 1. The quantitative estimate of drug-likeness (QED) is 0.625. The van der Waals surface area contributed by atoms with Crippen LogP contribution in [0, 0.1) is 6.92 Å². The fraction of sp³-hybridized carbons (Fsp3) is 0.111. The predicted octanol–water partition coefficient (Wildman–Crippen LogP) is 5.65. The van der Waals surface area contributed by atoms with Gasteiger partial charge in [-0.3, -0.25) is 0 Å². The van der Waals surface area contributed by atoms with Gasteiger partial charge in [-0.1, -0.05) is 76.1 Å². The van der Waals surface area contributed by atoms with Gasteiger partial charge in [-0.25, -0.2) is 0 Å². The minimum atomic E-state index is -0.693. The van der Waals surface area contributed by atoms with Crippen LogP contribution in [0.1, 0.15) is 22.8 Å². The molecule has 0 aromatic heterocycles. The lowest BCUT2D eigenvalue weighted by atomic mass is 9.95. The van der Waals surface area contributed by atoms with Gasteiger partial charge in [0.05, 0.1) is 0 Å². The van der Waals surface area contributed by atoms with Crippen LogP contribution in [0.3, 0.4) is 0 Å². The first-order valence-corrected chi connectivity index (χ1v) is 7.87. The van der Waals surface area contributed by atoms with Crippen LogP contribution >= 0.6 is 27.5 Å². The lowest BCUT2D eigenvalue weighted by Gasteiger charge is -2.17. The van der Waals surface area contributed by atoms with Crippen LogP contribution in [0.2, 0.25) is 5.02 Å². The number of aryl methyl sites for hydroxylation is 1. The largest absolute Gasteiger partial charge is 0.384 e. The third-order valence-corrected chi connectivity index (χ3v) is 5.13. The monoisotopic (exact) mass is 360 g/mol. The van der Waals surface area contributed by atoms with E-state index in [2.05, 4.69) is 15.9 Å². The van der Waals surface area contributed by atoms with Crippen LogP contribution in [-0.4, -0.2) is 5.11 Å². The van der Waals surface area contributed by atoms with Crippen LogP contribution in [0.5, 0.6) is 0 Å². The molecule has 1 atom stereocenters. The van der Waals surface area contributed by atoms with Crippen molar-refractivity contribution < 1.29 is 5.11 Å². The third-order valence-electron chi connectivity index (χ3n) is 3.72. The van der Waals surface area contributed by atoms with E-state index in [4.69, 9.17) is 11.6 Å². The van der Waals surface area contributed by atoms with E-state index in [9.17, 15) is 5.11 Å². The van der Waals surface area contributed by atoms with E-state index in [1.54, 1.807) is 0 Å². The van der Waals surface area contributed by atoms with E-state index >= 15 is 0 Å². The summed E-state index contributed by atoms with van der Waals surface area (Å²) in [6, 6.07) is 17.5. The first kappa shape index (κ1) is 14.6. The normalized spacial score (nSPS) is 12.6. The van der Waals surface area contributed by atoms with Gasteiger partial charge in [-0.05, 0) is 35.1 Å². The molecule has 0 amide bonds. The summed E-state index contributed by atoms with van der Waals surface area (Å²) in [5.74, 6) is 0. The smallest absolute Gasteiger partial charge is 0.106 e. The molecule has 0 aliphatic carbocycles. The highest BCUT2D eigenvalue weighted by molar-refractivity contribution is 9.10. The van der Waals surface area contributed by atoms with Crippen molar-refractivity contribution in [2.24, 2.45) is 0 Å². The molecule has 3 heteroatoms. The fourth-order valence-corrected chi connectivity index (χ4v) is 3.28. The Kier molecular flexibility index (Phi) is 4.03. The maximum Gasteiger partial charge on any atom is 0.106 e. The van der Waals surface area contributed by atoms with Crippen molar-refractivity contribution in [3.05, 3.63) is 80.8 Å². The first-order valence-electron chi connectivity index (χ1n) is 6.70. The molecule has 1 nitrogen and oxygen atoms in total. The molecule has 0 heterocycles. The number of rotatable bonds is 2. The van der Waals surface area contributed by atoms with E-state index < -0.39 is 6.10 Å². The summed E-state index contributed by atoms with van der Waals surface area (Å²) in [6.45, 7) is 2.01. The minimum absolute atomic E-state index is 0.693. The highest BCUT2D eigenvalue weighted by Gasteiger charge is 2.17. The zero-order valence-electron chi connectivity index (χ0n) is 11.5. The van der Waals surface area contributed by atoms with Crippen molar-refractivity contribution in [3.8, 4) is 0 Å². The van der Waals surface area contributed by atoms with Crippen molar-refractivity contribution in [1.29, 1.82) is 0 Å². The molecule has 0 radical (unpaired) electrons. The van der Waals surface area contributed by atoms with Crippen molar-refractivity contribution >= 4 is 38.3 Å². The van der Waals surface area contributed by atoms with E-state index in [1.165, 1.54) is 0 Å². The Morgan fingerprint density at radius 2 is 1.62 bits per heavy atom. The Morgan fingerprint density at radius 1 is 0.905 bits per heavy atom. The highest BCUT2D eigenvalue weighted by Crippen LogP contribution is 2.36. The van der Waals surface area contributed by atoms with Gasteiger partial charge in [0.1, 0.15) is 6.10 Å². The molecular formula is C18H14BrClO. The highest BCUT2D eigenvalue weighted by atomic mass is 79.9. The molecule has 0 aliphatic rings. The van der Waals surface area contributed by atoms with Crippen molar-refractivity contribution in [2.45, 2.75) is 13.0 Å². The molecule has 0 bridgehead atoms. The SMILES string of the molecule is Cc1cccc(C(O)c2ccc(Cl)c3ccccc23)c1Br. The van der Waals surface area contributed by atoms with Gasteiger partial charge in [-0.15, -0.1) is 0 Å². The molecule has 0 saturated carbocycles. The summed E-state index contributed by atoms with van der Waals surface area (Å²) in [6.07, 6.45) is -0.693. The molecule has 21 heavy (non-hydrogen) atoms. The Morgan fingerprint density at radius 3 is 2.38 bits per heavy atom. The van der Waals surface area contributed by atoms with Crippen LogP contribution in [0.25, 0.3) is 10.8 Å². The second-order valence-electron chi connectivity index (χ2n) is 5.06. The fourth-order valence-electron chi connectivity index (χ4n) is 2.57. The van der Waals surface area contributed by atoms with Gasteiger partial charge in [0, 0.05) is 14.9 Å². The average molecular weight is 362 g/mol. The molecule has 0 spiro atoms. The summed E-state index contributed by atoms with van der Waals surface area (Å²) < 4.78 is 0.941. The number of hydrogen-bond acceptors (Lipinski definition) is 1. The average Bonchev–Trinajstić information content (AvgIpc) is 2.50. The second-order valence-corrected chi connectivity index (χ2v) is 6.26. The molecule has 3 rings (SSSR count). The van der Waals surface area contributed by atoms with E-state index in [-0.39, 0.29) is 0 Å². The summed E-state index contributed by atoms with van der Waals surface area (Å²) in [7, 11) is 0. The number of halogens is 2. The van der Waals surface area contributed by atoms with Gasteiger partial charge in [-0.2, -0.15) is 0 Å². The molecule has 1 N–H and O–H groups in total. The summed E-state index contributed by atoms with van der Waals surface area (Å²) in [4.78, 5) is 0. The lowest BCUT2D eigenvalue weighted by molar-refractivity contribution is 0.221. The van der Waals surface area contributed by atoms with E-state index in [0.717, 1.165) is 31.9 Å². The number of hydrogen-bond donors (Lipinski definition) is 1. The van der Waals surface area contributed by atoms with Crippen LogP contribution in [0.15, 0.2) is 59.1 Å². The van der Waals surface area contributed by atoms with Crippen molar-refractivity contribution in [3.63, 3.8) is 0 Å². The Hall–Kier alpha value is -1.35. The Labute approximate surface area is 137 Å². The third kappa shape index (κ3) is 2.59. The topological polar surface area (TPSA) is 20.2 Å². The van der Waals surface area contributed by atoms with Crippen molar-refractivity contribution in [1.82, 2.24) is 0 Å². The number of aliphatic hydroxyl groups is 1. The molecule has 0 aliphatic heterocycles. The summed E-state index contributed by atoms with van der Waals surface area (Å²) in [5.41, 5.74) is 2.83. The summed E-state index contributed by atoms with van der Waals surface area (Å²) >= 11 is 9.82. The van der Waals surface area contributed by atoms with Gasteiger partial charge in [0.2, 0.25) is 0 Å². The zero-order valence-corrected chi connectivity index (χ0v) is 13.8. The van der Waals surface area contributed by atoms with E-state index in [1.807, 2.05) is 61.5 Å². The molecule has 106 valence electrons. The molecule has 0 saturated heterocycles. The molecule has 3 aromatic rings. The number of benzene rings is 3. The molecular weight excluding hydrogens is 348 g/mol. The number of fused-ring (bicyclic) bond motifs is 1. The molecule has 1 unspecified atom stereocenters. The van der Waals surface area contributed by atoms with Gasteiger partial charge in [0.15, 0.2) is 0 Å². The van der Waals surface area contributed by atoms with Gasteiger partial charge >= 0.3 is 0 Å². The zero-order chi connectivity index (χ0) is 15.0. The second kappa shape index (κ2) is 5.80. The molecule has 0 fully saturated rings. The van der Waals surface area contributed by atoms with Crippen LogP contribution in [-0.2, 0) is 0 Å². The van der Waals surface area contributed by atoms with Gasteiger partial charge in [0.25, 0.3) is 0 Å². The van der Waals surface area contributed by atoms with Gasteiger partial charge < -0.3 is 5.11 Å². The Balaban J connectivity index is 2.21. The van der Waals surface area contributed by atoms with Crippen LogP contribution < -0.4 is 0 Å². The van der Waals surface area contributed by atoms with Crippen molar-refractivity contribution in [2.75, 3.05) is 0 Å². The maximum absolute atomic E-state index is 10.8. The molecule has 3 aromatic carbocycles.